The maximum absolute atomic E-state index is 12.3. The van der Waals surface area contributed by atoms with Gasteiger partial charge in [-0.25, -0.2) is 0 Å². The van der Waals surface area contributed by atoms with Crippen LogP contribution in [0.4, 0.5) is 0 Å². The number of unbranched alkanes of at least 4 members (excludes halogenated alkanes) is 15. The summed E-state index contributed by atoms with van der Waals surface area (Å²) in [6, 6.07) is -0.640. The van der Waals surface area contributed by atoms with Gasteiger partial charge in [0.25, 0.3) is 0 Å². The molecule has 1 amide bonds. The van der Waals surface area contributed by atoms with Gasteiger partial charge in [-0.05, 0) is 70.6 Å². The normalized spacial score (nSPS) is 14.0. The lowest BCUT2D eigenvalue weighted by molar-refractivity contribution is -0.123. The summed E-state index contributed by atoms with van der Waals surface area (Å²) in [5.41, 5.74) is 0. The molecule has 4 nitrogen and oxygen atoms in total. The van der Waals surface area contributed by atoms with E-state index >= 15 is 0 Å². The van der Waals surface area contributed by atoms with Gasteiger partial charge in [0.05, 0.1) is 18.8 Å². The van der Waals surface area contributed by atoms with Crippen LogP contribution in [-0.4, -0.2) is 34.9 Å². The topological polar surface area (TPSA) is 69.6 Å². The molecule has 0 saturated heterocycles. The average molecular weight is 666 g/mol. The van der Waals surface area contributed by atoms with Crippen LogP contribution in [0.5, 0.6) is 0 Å². The highest BCUT2D eigenvalue weighted by Gasteiger charge is 2.17. The van der Waals surface area contributed by atoms with E-state index < -0.39 is 12.1 Å². The molecular formula is C44H75NO3. The molecular weight excluding hydrogens is 590 g/mol. The number of rotatable bonds is 34. The van der Waals surface area contributed by atoms with Gasteiger partial charge in [0, 0.05) is 6.42 Å². The van der Waals surface area contributed by atoms with Gasteiger partial charge in [-0.2, -0.15) is 0 Å². The Labute approximate surface area is 297 Å². The fourth-order valence-electron chi connectivity index (χ4n) is 5.36. The molecule has 0 aliphatic heterocycles. The van der Waals surface area contributed by atoms with Crippen molar-refractivity contribution in [1.82, 2.24) is 5.32 Å². The minimum atomic E-state index is -0.854. The minimum absolute atomic E-state index is 0.0937. The van der Waals surface area contributed by atoms with E-state index in [0.717, 1.165) is 83.5 Å². The first-order valence-corrected chi connectivity index (χ1v) is 19.8. The lowest BCUT2D eigenvalue weighted by Gasteiger charge is -2.20. The monoisotopic (exact) mass is 666 g/mol. The lowest BCUT2D eigenvalue weighted by atomic mass is 10.0. The number of carbonyl (C=O) groups excluding carboxylic acids is 1. The van der Waals surface area contributed by atoms with Crippen LogP contribution in [0.3, 0.4) is 0 Å². The summed E-state index contributed by atoms with van der Waals surface area (Å²) in [5.74, 6) is -0.0937. The van der Waals surface area contributed by atoms with E-state index in [-0.39, 0.29) is 12.5 Å². The van der Waals surface area contributed by atoms with Crippen molar-refractivity contribution in [3.8, 4) is 0 Å². The van der Waals surface area contributed by atoms with Crippen LogP contribution < -0.4 is 5.32 Å². The third-order valence-electron chi connectivity index (χ3n) is 8.38. The molecule has 0 heterocycles. The van der Waals surface area contributed by atoms with Crippen LogP contribution in [-0.2, 0) is 4.79 Å². The van der Waals surface area contributed by atoms with Gasteiger partial charge in [0.2, 0.25) is 5.91 Å². The Balaban J connectivity index is 3.73. The summed E-state index contributed by atoms with van der Waals surface area (Å²) in [4.78, 5) is 12.3. The zero-order chi connectivity index (χ0) is 35.0. The second-order valence-electron chi connectivity index (χ2n) is 13.0. The number of aliphatic hydroxyl groups excluding tert-OH is 2. The molecule has 2 unspecified atom stereocenters. The summed E-state index contributed by atoms with van der Waals surface area (Å²) in [6.07, 6.45) is 56.7. The molecule has 0 rings (SSSR count). The molecule has 0 fully saturated rings. The molecule has 48 heavy (non-hydrogen) atoms. The van der Waals surface area contributed by atoms with Gasteiger partial charge in [-0.15, -0.1) is 0 Å². The second kappa shape index (κ2) is 39.0. The molecule has 0 spiro atoms. The highest BCUT2D eigenvalue weighted by atomic mass is 16.3. The van der Waals surface area contributed by atoms with E-state index in [1.165, 1.54) is 64.2 Å². The van der Waals surface area contributed by atoms with E-state index in [1.807, 2.05) is 6.08 Å². The standard InChI is InChI=1S/C44H75NO3/c1-3-5-7-9-11-13-15-17-18-19-20-21-22-23-24-25-26-28-30-32-34-36-38-40-44(48)45-42(41-46)43(47)39-37-35-33-31-29-27-16-14-12-10-8-6-4-2/h5,7,11,13,17-18,20-21,23-24,26,28,37,39,42-43,46-47H,3-4,6,8-10,12,14-16,19,22,25,27,29-36,38,40-41H2,1-2H3,(H,45,48)/b7-5-,13-11-,18-17-,21-20-,24-23-,28-26-,39-37+. The van der Waals surface area contributed by atoms with Crippen molar-refractivity contribution in [2.24, 2.45) is 0 Å². The number of hydrogen-bond donors (Lipinski definition) is 3. The minimum Gasteiger partial charge on any atom is -0.394 e. The molecule has 0 aromatic rings. The van der Waals surface area contributed by atoms with Crippen molar-refractivity contribution in [3.05, 3.63) is 85.1 Å². The first-order valence-electron chi connectivity index (χ1n) is 19.8. The summed E-state index contributed by atoms with van der Waals surface area (Å²) < 4.78 is 0. The Morgan fingerprint density at radius 2 is 0.917 bits per heavy atom. The third kappa shape index (κ3) is 34.9. The van der Waals surface area contributed by atoms with Crippen molar-refractivity contribution < 1.29 is 15.0 Å². The van der Waals surface area contributed by atoms with E-state index in [1.54, 1.807) is 6.08 Å². The lowest BCUT2D eigenvalue weighted by Crippen LogP contribution is -2.45. The fourth-order valence-corrected chi connectivity index (χ4v) is 5.36. The molecule has 2 atom stereocenters. The van der Waals surface area contributed by atoms with Gasteiger partial charge in [0.15, 0.2) is 0 Å². The van der Waals surface area contributed by atoms with Gasteiger partial charge >= 0.3 is 0 Å². The van der Waals surface area contributed by atoms with E-state index in [0.29, 0.717) is 6.42 Å². The summed E-state index contributed by atoms with van der Waals surface area (Å²) in [5, 5.41) is 22.9. The van der Waals surface area contributed by atoms with Gasteiger partial charge in [-0.1, -0.05) is 176 Å². The maximum atomic E-state index is 12.3. The SMILES string of the molecule is CC/C=C\C/C=C\C/C=C\C/C=C\C/C=C\C/C=C\CCCCCCC(=O)NC(CO)C(O)/C=C/CCCCCCCCCCCCC. The smallest absolute Gasteiger partial charge is 0.220 e. The molecule has 0 bridgehead atoms. The van der Waals surface area contributed by atoms with Gasteiger partial charge < -0.3 is 15.5 Å². The number of aliphatic hydroxyl groups is 2. The van der Waals surface area contributed by atoms with E-state index in [4.69, 9.17) is 0 Å². The van der Waals surface area contributed by atoms with Crippen molar-refractivity contribution in [3.63, 3.8) is 0 Å². The average Bonchev–Trinajstić information content (AvgIpc) is 3.09. The molecule has 0 radical (unpaired) electrons. The van der Waals surface area contributed by atoms with Crippen LogP contribution >= 0.6 is 0 Å². The number of amides is 1. The quantitative estimate of drug-likeness (QED) is 0.0473. The Kier molecular flexibility index (Phi) is 37.0. The van der Waals surface area contributed by atoms with Crippen molar-refractivity contribution in [2.45, 2.75) is 180 Å². The maximum Gasteiger partial charge on any atom is 0.220 e. The van der Waals surface area contributed by atoms with Crippen LogP contribution in [0.1, 0.15) is 168 Å². The molecule has 0 aromatic carbocycles. The number of hydrogen-bond acceptors (Lipinski definition) is 3. The first-order chi connectivity index (χ1) is 23.7. The van der Waals surface area contributed by atoms with Gasteiger partial charge in [-0.3, -0.25) is 4.79 Å². The van der Waals surface area contributed by atoms with Crippen molar-refractivity contribution >= 4 is 5.91 Å². The zero-order valence-electron chi connectivity index (χ0n) is 31.2. The predicted octanol–water partition coefficient (Wildman–Crippen LogP) is 12.1. The highest BCUT2D eigenvalue weighted by Crippen LogP contribution is 2.12. The Morgan fingerprint density at radius 3 is 1.38 bits per heavy atom. The zero-order valence-corrected chi connectivity index (χ0v) is 31.2. The predicted molar refractivity (Wildman–Crippen MR) is 211 cm³/mol. The summed E-state index contributed by atoms with van der Waals surface area (Å²) >= 11 is 0. The molecule has 0 aromatic heterocycles. The molecule has 0 aliphatic rings. The van der Waals surface area contributed by atoms with E-state index in [9.17, 15) is 15.0 Å². The molecule has 3 N–H and O–H groups in total. The second-order valence-corrected chi connectivity index (χ2v) is 13.0. The van der Waals surface area contributed by atoms with Crippen LogP contribution in [0.25, 0.3) is 0 Å². The number of carbonyl (C=O) groups is 1. The van der Waals surface area contributed by atoms with Gasteiger partial charge in [0.1, 0.15) is 0 Å². The molecule has 0 saturated carbocycles. The molecule has 274 valence electrons. The highest BCUT2D eigenvalue weighted by molar-refractivity contribution is 5.76. The molecule has 0 aliphatic carbocycles. The number of allylic oxidation sites excluding steroid dienone is 13. The van der Waals surface area contributed by atoms with Crippen LogP contribution in [0.2, 0.25) is 0 Å². The third-order valence-corrected chi connectivity index (χ3v) is 8.38. The van der Waals surface area contributed by atoms with Crippen LogP contribution in [0, 0.1) is 0 Å². The van der Waals surface area contributed by atoms with Crippen molar-refractivity contribution in [1.29, 1.82) is 0 Å². The Morgan fingerprint density at radius 1 is 0.521 bits per heavy atom. The Bertz CT molecular complexity index is 895. The first kappa shape index (κ1) is 45.6. The number of nitrogens with one attached hydrogen (secondary N) is 1. The Hall–Kier alpha value is -2.43. The van der Waals surface area contributed by atoms with Crippen molar-refractivity contribution in [2.75, 3.05) is 6.61 Å². The summed E-state index contributed by atoms with van der Waals surface area (Å²) in [7, 11) is 0. The fraction of sp³-hybridized carbons (Fsp3) is 0.659. The van der Waals surface area contributed by atoms with Crippen LogP contribution in [0.15, 0.2) is 85.1 Å². The molecule has 4 heteroatoms. The largest absolute Gasteiger partial charge is 0.394 e. The summed E-state index contributed by atoms with van der Waals surface area (Å²) in [6.45, 7) is 4.16. The van der Waals surface area contributed by atoms with E-state index in [2.05, 4.69) is 92.1 Å².